The SMILES string of the molecule is CC(C)C(CO)NC(=O)c1cnn2ccc(N3CCC[C@@H]3c3cncc(F)c3)nc12. The van der Waals surface area contributed by atoms with Gasteiger partial charge >= 0.3 is 0 Å². The summed E-state index contributed by atoms with van der Waals surface area (Å²) in [6, 6.07) is 2.98. The summed E-state index contributed by atoms with van der Waals surface area (Å²) in [4.78, 5) is 23.6. The lowest BCUT2D eigenvalue weighted by atomic mass is 10.1. The van der Waals surface area contributed by atoms with Gasteiger partial charge in [0.05, 0.1) is 31.1 Å². The van der Waals surface area contributed by atoms with Gasteiger partial charge in [0.25, 0.3) is 5.91 Å². The molecule has 1 aliphatic rings. The summed E-state index contributed by atoms with van der Waals surface area (Å²) in [6.45, 7) is 4.50. The molecule has 4 rings (SSSR count). The molecule has 1 fully saturated rings. The van der Waals surface area contributed by atoms with E-state index in [-0.39, 0.29) is 36.3 Å². The number of carbonyl (C=O) groups is 1. The van der Waals surface area contributed by atoms with Crippen molar-refractivity contribution in [1.82, 2.24) is 24.9 Å². The third-order valence-electron chi connectivity index (χ3n) is 5.57. The number of amides is 1. The van der Waals surface area contributed by atoms with Gasteiger partial charge in [0.15, 0.2) is 5.65 Å². The zero-order valence-corrected chi connectivity index (χ0v) is 17.0. The Hall–Kier alpha value is -3.07. The van der Waals surface area contributed by atoms with Crippen molar-refractivity contribution in [2.75, 3.05) is 18.1 Å². The van der Waals surface area contributed by atoms with Crippen molar-refractivity contribution >= 4 is 17.4 Å². The molecule has 30 heavy (non-hydrogen) atoms. The van der Waals surface area contributed by atoms with Gasteiger partial charge in [-0.05, 0) is 36.5 Å². The van der Waals surface area contributed by atoms with Gasteiger partial charge in [-0.2, -0.15) is 5.10 Å². The summed E-state index contributed by atoms with van der Waals surface area (Å²) >= 11 is 0. The van der Waals surface area contributed by atoms with Crippen LogP contribution in [0.3, 0.4) is 0 Å². The highest BCUT2D eigenvalue weighted by Crippen LogP contribution is 2.35. The molecule has 9 heteroatoms. The van der Waals surface area contributed by atoms with Crippen molar-refractivity contribution in [3.05, 3.63) is 53.9 Å². The van der Waals surface area contributed by atoms with Crippen LogP contribution in [-0.2, 0) is 0 Å². The molecule has 3 aromatic heterocycles. The van der Waals surface area contributed by atoms with E-state index in [1.165, 1.54) is 18.5 Å². The van der Waals surface area contributed by atoms with Crippen LogP contribution in [0.1, 0.15) is 48.7 Å². The average molecular weight is 412 g/mol. The van der Waals surface area contributed by atoms with Crippen molar-refractivity contribution in [2.45, 2.75) is 38.8 Å². The van der Waals surface area contributed by atoms with Crippen LogP contribution in [0.15, 0.2) is 36.9 Å². The molecule has 1 amide bonds. The lowest BCUT2D eigenvalue weighted by molar-refractivity contribution is 0.0898. The van der Waals surface area contributed by atoms with E-state index in [0.717, 1.165) is 24.9 Å². The molecule has 2 N–H and O–H groups in total. The highest BCUT2D eigenvalue weighted by molar-refractivity contribution is 6.00. The minimum atomic E-state index is -0.360. The summed E-state index contributed by atoms with van der Waals surface area (Å²) in [7, 11) is 0. The van der Waals surface area contributed by atoms with Gasteiger partial charge in [-0.25, -0.2) is 13.9 Å². The average Bonchev–Trinajstić information content (AvgIpc) is 3.38. The van der Waals surface area contributed by atoms with Crippen LogP contribution in [0.2, 0.25) is 0 Å². The molecule has 0 spiro atoms. The zero-order chi connectivity index (χ0) is 21.3. The van der Waals surface area contributed by atoms with Crippen molar-refractivity contribution in [3.63, 3.8) is 0 Å². The van der Waals surface area contributed by atoms with Gasteiger partial charge in [0.2, 0.25) is 0 Å². The van der Waals surface area contributed by atoms with Crippen molar-refractivity contribution in [2.24, 2.45) is 5.92 Å². The number of aliphatic hydroxyl groups is 1. The summed E-state index contributed by atoms with van der Waals surface area (Å²) in [5.74, 6) is 0.108. The minimum Gasteiger partial charge on any atom is -0.394 e. The fourth-order valence-electron chi connectivity index (χ4n) is 3.85. The molecule has 0 bridgehead atoms. The van der Waals surface area contributed by atoms with Gasteiger partial charge < -0.3 is 15.3 Å². The van der Waals surface area contributed by atoms with E-state index >= 15 is 0 Å². The second kappa shape index (κ2) is 8.35. The standard InChI is InChI=1S/C21H25FN6O2/c1-13(2)17(12-29)25-21(30)16-11-24-28-7-5-19(26-20(16)28)27-6-3-4-18(27)14-8-15(22)10-23-9-14/h5,7-11,13,17-18,29H,3-4,6,12H2,1-2H3,(H,25,30)/t17?,18-/m1/s1. The molecule has 3 aromatic rings. The lowest BCUT2D eigenvalue weighted by Gasteiger charge is -2.26. The first-order valence-electron chi connectivity index (χ1n) is 10.1. The zero-order valence-electron chi connectivity index (χ0n) is 17.0. The fraction of sp³-hybridized carbons (Fsp3) is 0.429. The van der Waals surface area contributed by atoms with Crippen molar-refractivity contribution in [1.29, 1.82) is 0 Å². The first kappa shape index (κ1) is 20.2. The number of aliphatic hydroxyl groups excluding tert-OH is 1. The monoisotopic (exact) mass is 412 g/mol. The number of carbonyl (C=O) groups excluding carboxylic acids is 1. The molecule has 0 aromatic carbocycles. The number of halogens is 1. The topological polar surface area (TPSA) is 95.6 Å². The predicted molar refractivity (Wildman–Crippen MR) is 110 cm³/mol. The second-order valence-electron chi connectivity index (χ2n) is 7.91. The predicted octanol–water partition coefficient (Wildman–Crippen LogP) is 2.35. The van der Waals surface area contributed by atoms with Crippen LogP contribution in [-0.4, -0.2) is 49.8 Å². The van der Waals surface area contributed by atoms with E-state index in [4.69, 9.17) is 4.98 Å². The Morgan fingerprint density at radius 1 is 1.37 bits per heavy atom. The van der Waals surface area contributed by atoms with Crippen LogP contribution in [0, 0.1) is 11.7 Å². The normalized spacial score (nSPS) is 17.6. The molecule has 0 radical (unpaired) electrons. The smallest absolute Gasteiger partial charge is 0.257 e. The molecule has 1 unspecified atom stereocenters. The van der Waals surface area contributed by atoms with Gasteiger partial charge in [-0.3, -0.25) is 9.78 Å². The van der Waals surface area contributed by atoms with Gasteiger partial charge in [-0.1, -0.05) is 13.8 Å². The number of nitrogens with one attached hydrogen (secondary N) is 1. The molecular weight excluding hydrogens is 387 g/mol. The molecule has 0 aliphatic carbocycles. The number of rotatable bonds is 6. The number of hydrogen-bond acceptors (Lipinski definition) is 6. The summed E-state index contributed by atoms with van der Waals surface area (Å²) in [6.07, 6.45) is 7.95. The van der Waals surface area contributed by atoms with E-state index in [0.29, 0.717) is 17.0 Å². The molecular formula is C21H25FN6O2. The van der Waals surface area contributed by atoms with Crippen LogP contribution in [0.4, 0.5) is 10.2 Å². The van der Waals surface area contributed by atoms with Gasteiger partial charge in [-0.15, -0.1) is 0 Å². The van der Waals surface area contributed by atoms with E-state index in [1.54, 1.807) is 16.9 Å². The Labute approximate surface area is 173 Å². The Bertz CT molecular complexity index is 1050. The number of pyridine rings is 1. The van der Waals surface area contributed by atoms with E-state index in [9.17, 15) is 14.3 Å². The summed E-state index contributed by atoms with van der Waals surface area (Å²) < 4.78 is 15.2. The molecule has 1 saturated heterocycles. The number of aromatic nitrogens is 4. The quantitative estimate of drug-likeness (QED) is 0.645. The van der Waals surface area contributed by atoms with E-state index in [2.05, 4.69) is 20.3 Å². The third kappa shape index (κ3) is 3.85. The number of nitrogens with zero attached hydrogens (tertiary/aromatic N) is 5. The Morgan fingerprint density at radius 2 is 2.20 bits per heavy atom. The molecule has 158 valence electrons. The maximum atomic E-state index is 13.7. The van der Waals surface area contributed by atoms with Crippen LogP contribution >= 0.6 is 0 Å². The highest BCUT2D eigenvalue weighted by Gasteiger charge is 2.28. The van der Waals surface area contributed by atoms with Crippen LogP contribution in [0.25, 0.3) is 5.65 Å². The van der Waals surface area contributed by atoms with Gasteiger partial charge in [0.1, 0.15) is 17.2 Å². The molecule has 4 heterocycles. The Kier molecular flexibility index (Phi) is 5.63. The first-order valence-corrected chi connectivity index (χ1v) is 10.1. The molecule has 8 nitrogen and oxygen atoms in total. The Balaban J connectivity index is 1.64. The fourth-order valence-corrected chi connectivity index (χ4v) is 3.85. The molecule has 2 atom stereocenters. The number of fused-ring (bicyclic) bond motifs is 1. The maximum Gasteiger partial charge on any atom is 0.257 e. The van der Waals surface area contributed by atoms with Crippen molar-refractivity contribution < 1.29 is 14.3 Å². The summed E-state index contributed by atoms with van der Waals surface area (Å²) in [5.41, 5.74) is 1.59. The molecule has 1 aliphatic heterocycles. The van der Waals surface area contributed by atoms with E-state index in [1.807, 2.05) is 19.9 Å². The highest BCUT2D eigenvalue weighted by atomic mass is 19.1. The summed E-state index contributed by atoms with van der Waals surface area (Å²) in [5, 5.41) is 16.6. The second-order valence-corrected chi connectivity index (χ2v) is 7.91. The lowest BCUT2D eigenvalue weighted by Crippen LogP contribution is -2.41. The maximum absolute atomic E-state index is 13.7. The van der Waals surface area contributed by atoms with Crippen LogP contribution < -0.4 is 10.2 Å². The Morgan fingerprint density at radius 3 is 2.93 bits per heavy atom. The van der Waals surface area contributed by atoms with Crippen LogP contribution in [0.5, 0.6) is 0 Å². The van der Waals surface area contributed by atoms with Gasteiger partial charge in [0, 0.05) is 18.9 Å². The molecule has 0 saturated carbocycles. The first-order chi connectivity index (χ1) is 14.5. The van der Waals surface area contributed by atoms with Crippen molar-refractivity contribution in [3.8, 4) is 0 Å². The third-order valence-corrected chi connectivity index (χ3v) is 5.57. The number of anilines is 1. The van der Waals surface area contributed by atoms with E-state index < -0.39 is 0 Å². The largest absolute Gasteiger partial charge is 0.394 e. The number of hydrogen-bond donors (Lipinski definition) is 2. The minimum absolute atomic E-state index is 0.0249.